The first-order valence-electron chi connectivity index (χ1n) is 9.88. The van der Waals surface area contributed by atoms with E-state index >= 15 is 0 Å². The van der Waals surface area contributed by atoms with Crippen molar-refractivity contribution in [3.63, 3.8) is 0 Å². The zero-order valence-corrected chi connectivity index (χ0v) is 19.4. The van der Waals surface area contributed by atoms with E-state index in [4.69, 9.17) is 0 Å². The number of carbonyl (C=O) groups is 1. The van der Waals surface area contributed by atoms with E-state index in [0.717, 1.165) is 23.9 Å². The lowest BCUT2D eigenvalue weighted by Gasteiger charge is -2.28. The maximum atomic E-state index is 12.3. The van der Waals surface area contributed by atoms with Gasteiger partial charge in [0, 0.05) is 31.2 Å². The molecule has 6 heteroatoms. The maximum Gasteiger partial charge on any atom is 0.251 e. The third-order valence-corrected chi connectivity index (χ3v) is 5.22. The molecule has 3 N–H and O–H groups in total. The molecule has 0 saturated heterocycles. The summed E-state index contributed by atoms with van der Waals surface area (Å²) in [5.41, 5.74) is 1.77. The molecule has 0 spiro atoms. The molecule has 1 saturated carbocycles. The summed E-state index contributed by atoms with van der Waals surface area (Å²) in [6.07, 6.45) is 5.89. The van der Waals surface area contributed by atoms with Crippen LogP contribution in [0.4, 0.5) is 0 Å². The van der Waals surface area contributed by atoms with E-state index in [1.54, 1.807) is 7.05 Å². The summed E-state index contributed by atoms with van der Waals surface area (Å²) in [5.74, 6) is 1.66. The van der Waals surface area contributed by atoms with Gasteiger partial charge in [0.15, 0.2) is 5.96 Å². The number of guanidine groups is 1. The largest absolute Gasteiger partial charge is 0.354 e. The van der Waals surface area contributed by atoms with Crippen LogP contribution in [0.1, 0.15) is 68.8 Å². The monoisotopic (exact) mass is 486 g/mol. The van der Waals surface area contributed by atoms with Gasteiger partial charge in [0.1, 0.15) is 0 Å². The number of benzene rings is 1. The van der Waals surface area contributed by atoms with Crippen molar-refractivity contribution in [3.05, 3.63) is 35.4 Å². The number of aliphatic imine (C=N–C) groups is 1. The second-order valence-corrected chi connectivity index (χ2v) is 7.51. The lowest BCUT2D eigenvalue weighted by Crippen LogP contribution is -2.44. The Hall–Kier alpha value is -1.31. The van der Waals surface area contributed by atoms with Crippen LogP contribution in [0.2, 0.25) is 0 Å². The van der Waals surface area contributed by atoms with E-state index in [1.807, 2.05) is 31.2 Å². The lowest BCUT2D eigenvalue weighted by atomic mass is 9.87. The van der Waals surface area contributed by atoms with Crippen molar-refractivity contribution in [3.8, 4) is 0 Å². The fourth-order valence-electron chi connectivity index (χ4n) is 3.21. The number of nitrogens with zero attached hydrogens (tertiary/aromatic N) is 1. The topological polar surface area (TPSA) is 65.5 Å². The number of hydrogen-bond donors (Lipinski definition) is 3. The molecule has 1 aromatic carbocycles. The van der Waals surface area contributed by atoms with Crippen molar-refractivity contribution in [2.45, 2.75) is 71.5 Å². The van der Waals surface area contributed by atoms with E-state index in [0.29, 0.717) is 18.2 Å². The number of carbonyl (C=O) groups excluding carboxylic acids is 1. The van der Waals surface area contributed by atoms with Crippen molar-refractivity contribution >= 4 is 35.8 Å². The standard InChI is InChI=1S/C21H34N4O.HI/c1-5-16(3)24-20(26)18-8-6-7-17(13-18)14-23-21(22-4)25-19-11-9-15(2)10-12-19;/h6-8,13,15-16,19H,5,9-12,14H2,1-4H3,(H,24,26)(H2,22,23,25);1H. The maximum absolute atomic E-state index is 12.3. The minimum absolute atomic E-state index is 0. The summed E-state index contributed by atoms with van der Waals surface area (Å²) in [6.45, 7) is 7.06. The number of halogens is 1. The fraction of sp³-hybridized carbons (Fsp3) is 0.619. The molecule has 0 heterocycles. The van der Waals surface area contributed by atoms with Gasteiger partial charge in [0.05, 0.1) is 0 Å². The number of hydrogen-bond acceptors (Lipinski definition) is 2. The highest BCUT2D eigenvalue weighted by Crippen LogP contribution is 2.23. The predicted octanol–water partition coefficient (Wildman–Crippen LogP) is 4.08. The fourth-order valence-corrected chi connectivity index (χ4v) is 3.21. The highest BCUT2D eigenvalue weighted by atomic mass is 127. The van der Waals surface area contributed by atoms with Gasteiger partial charge in [-0.2, -0.15) is 0 Å². The zero-order valence-electron chi connectivity index (χ0n) is 17.0. The molecule has 2 rings (SSSR count). The van der Waals surface area contributed by atoms with E-state index in [-0.39, 0.29) is 35.9 Å². The summed E-state index contributed by atoms with van der Waals surface area (Å²) >= 11 is 0. The van der Waals surface area contributed by atoms with Crippen molar-refractivity contribution in [1.82, 2.24) is 16.0 Å². The molecule has 1 amide bonds. The lowest BCUT2D eigenvalue weighted by molar-refractivity contribution is 0.0939. The smallest absolute Gasteiger partial charge is 0.251 e. The van der Waals surface area contributed by atoms with Crippen LogP contribution < -0.4 is 16.0 Å². The molecule has 0 aliphatic heterocycles. The summed E-state index contributed by atoms with van der Waals surface area (Å²) < 4.78 is 0. The Balaban J connectivity index is 0.00000364. The molecule has 152 valence electrons. The van der Waals surface area contributed by atoms with E-state index in [9.17, 15) is 4.79 Å². The molecule has 1 aromatic rings. The van der Waals surface area contributed by atoms with Crippen LogP contribution in [0.15, 0.2) is 29.3 Å². The van der Waals surface area contributed by atoms with Crippen LogP contribution in [0.3, 0.4) is 0 Å². The van der Waals surface area contributed by atoms with Crippen LogP contribution in [0.25, 0.3) is 0 Å². The van der Waals surface area contributed by atoms with Gasteiger partial charge in [-0.15, -0.1) is 24.0 Å². The normalized spacial score (nSPS) is 21.0. The van der Waals surface area contributed by atoms with Gasteiger partial charge in [-0.3, -0.25) is 9.79 Å². The first-order chi connectivity index (χ1) is 12.5. The third-order valence-electron chi connectivity index (χ3n) is 5.22. The summed E-state index contributed by atoms with van der Waals surface area (Å²) in [6, 6.07) is 8.46. The molecule has 1 fully saturated rings. The second-order valence-electron chi connectivity index (χ2n) is 7.51. The number of rotatable bonds is 6. The van der Waals surface area contributed by atoms with Gasteiger partial charge in [0.2, 0.25) is 0 Å². The molecule has 0 bridgehead atoms. The summed E-state index contributed by atoms with van der Waals surface area (Å²) in [5, 5.41) is 9.91. The Morgan fingerprint density at radius 2 is 1.96 bits per heavy atom. The minimum atomic E-state index is -0.0139. The van der Waals surface area contributed by atoms with Gasteiger partial charge < -0.3 is 16.0 Å². The Labute approximate surface area is 181 Å². The molecule has 0 radical (unpaired) electrons. The van der Waals surface area contributed by atoms with E-state index < -0.39 is 0 Å². The predicted molar refractivity (Wildman–Crippen MR) is 124 cm³/mol. The van der Waals surface area contributed by atoms with Crippen molar-refractivity contribution in [2.24, 2.45) is 10.9 Å². The Morgan fingerprint density at radius 3 is 2.59 bits per heavy atom. The SMILES string of the molecule is CCC(C)NC(=O)c1cccc(CNC(=NC)NC2CCC(C)CC2)c1.I. The van der Waals surface area contributed by atoms with Crippen LogP contribution in [0, 0.1) is 5.92 Å². The van der Waals surface area contributed by atoms with Gasteiger partial charge >= 0.3 is 0 Å². The van der Waals surface area contributed by atoms with Crippen LogP contribution in [-0.2, 0) is 6.54 Å². The summed E-state index contributed by atoms with van der Waals surface area (Å²) in [7, 11) is 1.80. The van der Waals surface area contributed by atoms with Gasteiger partial charge in [-0.1, -0.05) is 26.0 Å². The van der Waals surface area contributed by atoms with Gasteiger partial charge in [-0.05, 0) is 62.6 Å². The molecule has 1 aliphatic rings. The van der Waals surface area contributed by atoms with Gasteiger partial charge in [0.25, 0.3) is 5.91 Å². The molecule has 1 aliphatic carbocycles. The minimum Gasteiger partial charge on any atom is -0.354 e. The number of nitrogens with one attached hydrogen (secondary N) is 3. The van der Waals surface area contributed by atoms with Crippen molar-refractivity contribution in [1.29, 1.82) is 0 Å². The quantitative estimate of drug-likeness (QED) is 0.323. The average molecular weight is 486 g/mol. The molecule has 0 aromatic heterocycles. The van der Waals surface area contributed by atoms with E-state index in [1.165, 1.54) is 25.7 Å². The highest BCUT2D eigenvalue weighted by Gasteiger charge is 2.18. The Bertz CT molecular complexity index is 612. The average Bonchev–Trinajstić information content (AvgIpc) is 2.66. The van der Waals surface area contributed by atoms with E-state index in [2.05, 4.69) is 34.8 Å². The Morgan fingerprint density at radius 1 is 1.26 bits per heavy atom. The molecular weight excluding hydrogens is 451 g/mol. The van der Waals surface area contributed by atoms with Crippen molar-refractivity contribution in [2.75, 3.05) is 7.05 Å². The van der Waals surface area contributed by atoms with Crippen molar-refractivity contribution < 1.29 is 4.79 Å². The van der Waals surface area contributed by atoms with Crippen LogP contribution >= 0.6 is 24.0 Å². The molecule has 27 heavy (non-hydrogen) atoms. The van der Waals surface area contributed by atoms with Gasteiger partial charge in [-0.25, -0.2) is 0 Å². The second kappa shape index (κ2) is 12.2. The zero-order chi connectivity index (χ0) is 18.9. The molecular formula is C21H35IN4O. The molecule has 1 atom stereocenters. The Kier molecular flexibility index (Phi) is 10.7. The first kappa shape index (κ1) is 23.7. The molecule has 1 unspecified atom stereocenters. The highest BCUT2D eigenvalue weighted by molar-refractivity contribution is 14.0. The summed E-state index contributed by atoms with van der Waals surface area (Å²) in [4.78, 5) is 16.6. The molecule has 5 nitrogen and oxygen atoms in total. The third kappa shape index (κ3) is 8.07. The van der Waals surface area contributed by atoms with Crippen LogP contribution in [0.5, 0.6) is 0 Å². The van der Waals surface area contributed by atoms with Crippen LogP contribution in [-0.4, -0.2) is 31.0 Å². The number of amides is 1. The first-order valence-corrected chi connectivity index (χ1v) is 9.88.